The van der Waals surface area contributed by atoms with Crippen molar-refractivity contribution in [2.45, 2.75) is 0 Å². The molecule has 0 heterocycles. The Hall–Kier alpha value is -0.263. The van der Waals surface area contributed by atoms with Gasteiger partial charge in [-0.1, -0.05) is 0 Å². The van der Waals surface area contributed by atoms with Gasteiger partial charge in [0.1, 0.15) is 0 Å². The van der Waals surface area contributed by atoms with Gasteiger partial charge in [0.2, 0.25) is 0 Å². The van der Waals surface area contributed by atoms with E-state index in [0.29, 0.717) is 0 Å². The van der Waals surface area contributed by atoms with Crippen molar-refractivity contribution in [3.8, 4) is 0 Å². The van der Waals surface area contributed by atoms with Crippen molar-refractivity contribution in [2.75, 3.05) is 0 Å². The van der Waals surface area contributed by atoms with Crippen LogP contribution in [0.25, 0.3) is 0 Å². The first-order valence-electron chi connectivity index (χ1n) is 3.49. The average Bonchev–Trinajstić information content (AvgIpc) is 1.62. The second kappa shape index (κ2) is 12.3. The standard InChI is InChI=1S/4BF4.Li/c4*2-1(3,4)5;/q4*-1;. The van der Waals surface area contributed by atoms with Crippen LogP contribution in [0.4, 0.5) is 69.1 Å². The van der Waals surface area contributed by atoms with E-state index >= 15 is 0 Å². The summed E-state index contributed by atoms with van der Waals surface area (Å²) in [7, 11) is -24.0. The van der Waals surface area contributed by atoms with Gasteiger partial charge in [-0.2, -0.15) is 0 Å². The molecule has 0 aliphatic rings. The van der Waals surface area contributed by atoms with Gasteiger partial charge in [0.05, 0.1) is 0 Å². The number of rotatable bonds is 0. The van der Waals surface area contributed by atoms with Gasteiger partial charge in [0.25, 0.3) is 0 Å². The van der Waals surface area contributed by atoms with Crippen LogP contribution in [0.3, 0.4) is 0 Å². The predicted octanol–water partition coefficient (Wildman–Crippen LogP) is 4.82. The summed E-state index contributed by atoms with van der Waals surface area (Å²) < 4.78 is 156. The average molecular weight is 354 g/mol. The molecule has 0 aromatic carbocycles. The Morgan fingerprint density at radius 3 is 0.238 bits per heavy atom. The van der Waals surface area contributed by atoms with Gasteiger partial charge >= 0.3 is 29.0 Å². The molecule has 0 spiro atoms. The van der Waals surface area contributed by atoms with Gasteiger partial charge in [-0.05, 0) is 0 Å². The first-order valence-corrected chi connectivity index (χ1v) is 3.49. The molecule has 0 aromatic heterocycles. The summed E-state index contributed by atoms with van der Waals surface area (Å²) in [6, 6.07) is 0. The molecule has 129 valence electrons. The zero-order valence-electron chi connectivity index (χ0n) is 9.36. The molecule has 0 unspecified atom stereocenters. The van der Waals surface area contributed by atoms with E-state index in [4.69, 9.17) is 0 Å². The molecule has 0 saturated carbocycles. The van der Waals surface area contributed by atoms with Gasteiger partial charge in [-0.3, -0.25) is 0 Å². The Kier molecular flexibility index (Phi) is 19.1. The molecule has 0 rings (SSSR count). The summed E-state index contributed by atoms with van der Waals surface area (Å²) in [6.45, 7) is 0. The smallest absolute Gasteiger partial charge is 0.418 e. The monoisotopic (exact) mass is 355 g/mol. The first-order chi connectivity index (χ1) is 8.00. The van der Waals surface area contributed by atoms with Crippen LogP contribution in [-0.2, 0) is 0 Å². The van der Waals surface area contributed by atoms with E-state index in [-0.39, 0.29) is 18.9 Å². The molecule has 0 atom stereocenters. The molecule has 0 aromatic rings. The van der Waals surface area contributed by atoms with Crippen LogP contribution in [0.5, 0.6) is 0 Å². The van der Waals surface area contributed by atoms with E-state index in [9.17, 15) is 69.1 Å². The van der Waals surface area contributed by atoms with Gasteiger partial charge in [-0.15, -0.1) is 0 Å². The van der Waals surface area contributed by atoms with Gasteiger partial charge in [0.15, 0.2) is 0 Å². The van der Waals surface area contributed by atoms with Crippen LogP contribution in [-0.4, -0.2) is 47.9 Å². The fourth-order valence-electron chi connectivity index (χ4n) is 0. The normalized spacial score (nSPS) is 11.4. The molecule has 0 fully saturated rings. The van der Waals surface area contributed by atoms with E-state index in [1.165, 1.54) is 0 Å². The largest absolute Gasteiger partial charge is 0.673 e. The van der Waals surface area contributed by atoms with Crippen molar-refractivity contribution in [3.05, 3.63) is 0 Å². The van der Waals surface area contributed by atoms with Crippen molar-refractivity contribution < 1.29 is 69.1 Å². The second-order valence-electron chi connectivity index (χ2n) is 1.98. The molecule has 21 heavy (non-hydrogen) atoms. The Balaban J connectivity index is -0.0000000533. The van der Waals surface area contributed by atoms with Crippen LogP contribution in [0, 0.1) is 0 Å². The quantitative estimate of drug-likeness (QED) is 0.432. The van der Waals surface area contributed by atoms with Crippen molar-refractivity contribution >= 4 is 47.9 Å². The van der Waals surface area contributed by atoms with Crippen molar-refractivity contribution in [1.82, 2.24) is 0 Å². The molecule has 0 amide bonds. The Morgan fingerprint density at radius 2 is 0.238 bits per heavy atom. The fourth-order valence-corrected chi connectivity index (χ4v) is 0. The zero-order chi connectivity index (χ0) is 18.0. The SMILES string of the molecule is F[B-](F)(F)F.F[B-](F)(F)F.F[B-](F)(F)F.F[B-](F)(F)F.[Li]. The summed E-state index contributed by atoms with van der Waals surface area (Å²) in [5.41, 5.74) is 0. The molecule has 0 aliphatic carbocycles. The van der Waals surface area contributed by atoms with E-state index < -0.39 is 29.0 Å². The third-order valence-electron chi connectivity index (χ3n) is 0. The van der Waals surface area contributed by atoms with Crippen LogP contribution in [0.15, 0.2) is 0 Å². The summed E-state index contributed by atoms with van der Waals surface area (Å²) in [5.74, 6) is 0. The van der Waals surface area contributed by atoms with Crippen molar-refractivity contribution in [2.24, 2.45) is 0 Å². The number of halogens is 16. The van der Waals surface area contributed by atoms with Gasteiger partial charge < -0.3 is 69.1 Å². The van der Waals surface area contributed by atoms with Crippen LogP contribution < -0.4 is 0 Å². The van der Waals surface area contributed by atoms with Crippen LogP contribution in [0.2, 0.25) is 0 Å². The molecule has 0 nitrogen and oxygen atoms in total. The Bertz CT molecular complexity index is 130. The first kappa shape index (κ1) is 32.6. The zero-order valence-corrected chi connectivity index (χ0v) is 9.36. The van der Waals surface area contributed by atoms with E-state index in [2.05, 4.69) is 0 Å². The summed E-state index contributed by atoms with van der Waals surface area (Å²) in [4.78, 5) is 0. The maximum Gasteiger partial charge on any atom is 0.673 e. The third-order valence-corrected chi connectivity index (χ3v) is 0. The van der Waals surface area contributed by atoms with Crippen molar-refractivity contribution in [3.63, 3.8) is 0 Å². The Labute approximate surface area is 118 Å². The predicted molar refractivity (Wildman–Crippen MR) is 46.5 cm³/mol. The van der Waals surface area contributed by atoms with Gasteiger partial charge in [0, 0.05) is 18.9 Å². The second-order valence-corrected chi connectivity index (χ2v) is 1.98. The topological polar surface area (TPSA) is 0 Å². The van der Waals surface area contributed by atoms with Gasteiger partial charge in [-0.25, -0.2) is 0 Å². The molecule has 0 bridgehead atoms. The maximum absolute atomic E-state index is 9.75. The minimum Gasteiger partial charge on any atom is -0.418 e. The number of hydrogen-bond acceptors (Lipinski definition) is 0. The molecular formula is B4F16Li-4. The summed E-state index contributed by atoms with van der Waals surface area (Å²) in [5, 5.41) is 0. The van der Waals surface area contributed by atoms with Crippen LogP contribution >= 0.6 is 0 Å². The molecular weight excluding hydrogens is 354 g/mol. The van der Waals surface area contributed by atoms with Crippen molar-refractivity contribution in [1.29, 1.82) is 0 Å². The fraction of sp³-hybridized carbons (Fsp3) is 0. The van der Waals surface area contributed by atoms with E-state index in [1.807, 2.05) is 0 Å². The molecule has 0 aliphatic heterocycles. The molecule has 0 N–H and O–H groups in total. The summed E-state index contributed by atoms with van der Waals surface area (Å²) >= 11 is 0. The maximum atomic E-state index is 9.75. The van der Waals surface area contributed by atoms with Crippen LogP contribution in [0.1, 0.15) is 0 Å². The molecule has 0 saturated heterocycles. The summed E-state index contributed by atoms with van der Waals surface area (Å²) in [6.07, 6.45) is 0. The third kappa shape index (κ3) is 89900. The van der Waals surface area contributed by atoms with E-state index in [1.54, 1.807) is 0 Å². The minimum absolute atomic E-state index is 0. The Morgan fingerprint density at radius 1 is 0.238 bits per heavy atom. The minimum atomic E-state index is -6.00. The molecule has 21 heteroatoms. The van der Waals surface area contributed by atoms with E-state index in [0.717, 1.165) is 0 Å². The molecule has 1 radical (unpaired) electrons. The number of hydrogen-bond donors (Lipinski definition) is 0.